The maximum absolute atomic E-state index is 12.9. The molecule has 0 spiro atoms. The van der Waals surface area contributed by atoms with Crippen molar-refractivity contribution in [2.75, 3.05) is 7.11 Å². The Balaban J connectivity index is 1.99. The molecule has 0 atom stereocenters. The van der Waals surface area contributed by atoms with Crippen molar-refractivity contribution >= 4 is 29.0 Å². The van der Waals surface area contributed by atoms with Crippen LogP contribution < -0.4 is 14.1 Å². The summed E-state index contributed by atoms with van der Waals surface area (Å²) >= 11 is 7.43. The monoisotopic (exact) mass is 430 g/mol. The Bertz CT molecular complexity index is 1070. The Morgan fingerprint density at radius 1 is 1.14 bits per heavy atom. The highest BCUT2D eigenvalue weighted by molar-refractivity contribution is 7.04. The minimum atomic E-state index is -0.433. The molecular weight excluding hydrogens is 408 g/mol. The second-order valence-corrected chi connectivity index (χ2v) is 8.82. The lowest BCUT2D eigenvalue weighted by atomic mass is 10.1. The van der Waals surface area contributed by atoms with E-state index in [0.29, 0.717) is 33.4 Å². The van der Waals surface area contributed by atoms with Gasteiger partial charge in [-0.3, -0.25) is 8.75 Å². The maximum atomic E-state index is 12.9. The zero-order chi connectivity index (χ0) is 21.0. The Hall–Kier alpha value is -2.57. The van der Waals surface area contributed by atoms with Crippen molar-refractivity contribution in [3.63, 3.8) is 0 Å². The molecule has 1 aromatic heterocycles. The molecule has 0 fully saturated rings. The van der Waals surface area contributed by atoms with Gasteiger partial charge in [-0.2, -0.15) is 4.99 Å². The van der Waals surface area contributed by atoms with Gasteiger partial charge in [-0.25, -0.2) is 0 Å². The summed E-state index contributed by atoms with van der Waals surface area (Å²) in [5, 5.41) is 0.445. The molecule has 0 aliphatic heterocycles. The average Bonchev–Trinajstić information content (AvgIpc) is 3.10. The maximum Gasteiger partial charge on any atom is 0.282 e. The van der Waals surface area contributed by atoms with Crippen LogP contribution in [0.15, 0.2) is 59.7 Å². The van der Waals surface area contributed by atoms with Gasteiger partial charge in [0.2, 0.25) is 0 Å². The summed E-state index contributed by atoms with van der Waals surface area (Å²) < 4.78 is 13.8. The highest BCUT2D eigenvalue weighted by Gasteiger charge is 2.18. The molecule has 152 valence electrons. The van der Waals surface area contributed by atoms with Crippen LogP contribution in [0.3, 0.4) is 0 Å². The summed E-state index contributed by atoms with van der Waals surface area (Å²) in [4.78, 5) is 17.2. The third-order valence-electron chi connectivity index (χ3n) is 4.12. The van der Waals surface area contributed by atoms with Crippen molar-refractivity contribution < 1.29 is 14.3 Å². The lowest BCUT2D eigenvalue weighted by molar-refractivity contribution is 0.0995. The van der Waals surface area contributed by atoms with Crippen molar-refractivity contribution in [1.82, 2.24) is 3.96 Å². The van der Waals surface area contributed by atoms with Crippen molar-refractivity contribution in [2.45, 2.75) is 32.9 Å². The van der Waals surface area contributed by atoms with E-state index in [1.165, 1.54) is 18.6 Å². The first kappa shape index (κ1) is 21.1. The van der Waals surface area contributed by atoms with Crippen LogP contribution in [0, 0.1) is 0 Å². The van der Waals surface area contributed by atoms with Gasteiger partial charge in [-0.05, 0) is 56.1 Å². The average molecular weight is 431 g/mol. The van der Waals surface area contributed by atoms with E-state index < -0.39 is 5.91 Å². The molecule has 2 aromatic carbocycles. The molecule has 1 amide bonds. The summed E-state index contributed by atoms with van der Waals surface area (Å²) in [6, 6.07) is 14.7. The van der Waals surface area contributed by atoms with Gasteiger partial charge in [0, 0.05) is 10.6 Å². The number of nitrogens with zero attached hydrogens (tertiary/aromatic N) is 2. The largest absolute Gasteiger partial charge is 0.496 e. The molecule has 1 heterocycles. The number of aromatic nitrogens is 1. The Labute approximate surface area is 179 Å². The van der Waals surface area contributed by atoms with Crippen molar-refractivity contribution in [2.24, 2.45) is 4.99 Å². The molecule has 0 radical (unpaired) electrons. The molecule has 3 aromatic rings. The van der Waals surface area contributed by atoms with E-state index in [2.05, 4.69) is 25.8 Å². The van der Waals surface area contributed by atoms with Crippen LogP contribution in [0.4, 0.5) is 0 Å². The van der Waals surface area contributed by atoms with Crippen LogP contribution in [0.5, 0.6) is 11.5 Å². The zero-order valence-corrected chi connectivity index (χ0v) is 18.4. The minimum absolute atomic E-state index is 0.167. The fraction of sp³-hybridized carbons (Fsp3) is 0.273. The minimum Gasteiger partial charge on any atom is -0.496 e. The van der Waals surface area contributed by atoms with Crippen LogP contribution in [-0.2, 0) is 12.1 Å². The van der Waals surface area contributed by atoms with Crippen molar-refractivity contribution in [3.8, 4) is 11.5 Å². The number of methoxy groups -OCH3 is 1. The predicted molar refractivity (Wildman–Crippen MR) is 116 cm³/mol. The summed E-state index contributed by atoms with van der Waals surface area (Å²) in [7, 11) is 1.51. The number of hydrogen-bond acceptors (Lipinski definition) is 4. The molecular formula is C22H23ClN2O3S. The van der Waals surface area contributed by atoms with E-state index in [1.807, 2.05) is 40.5 Å². The van der Waals surface area contributed by atoms with E-state index in [1.54, 1.807) is 18.2 Å². The number of amides is 1. The smallest absolute Gasteiger partial charge is 0.282 e. The number of carbonyl (C=O) groups excluding carboxylic acids is 1. The Morgan fingerprint density at radius 2 is 1.86 bits per heavy atom. The molecule has 0 bridgehead atoms. The van der Waals surface area contributed by atoms with E-state index in [-0.39, 0.29) is 5.54 Å². The fourth-order valence-corrected chi connectivity index (χ4v) is 3.67. The molecule has 0 saturated carbocycles. The zero-order valence-electron chi connectivity index (χ0n) is 16.8. The molecule has 0 N–H and O–H groups in total. The number of carbonyl (C=O) groups is 1. The van der Waals surface area contributed by atoms with E-state index in [0.717, 1.165) is 5.56 Å². The van der Waals surface area contributed by atoms with Gasteiger partial charge in [0.1, 0.15) is 12.4 Å². The highest BCUT2D eigenvalue weighted by atomic mass is 35.5. The first-order valence-corrected chi connectivity index (χ1v) is 10.3. The number of hydrogen-bond donors (Lipinski definition) is 0. The highest BCUT2D eigenvalue weighted by Crippen LogP contribution is 2.24. The second-order valence-electron chi connectivity index (χ2n) is 7.42. The number of rotatable bonds is 5. The van der Waals surface area contributed by atoms with Crippen molar-refractivity contribution in [1.29, 1.82) is 0 Å². The third kappa shape index (κ3) is 5.28. The van der Waals surface area contributed by atoms with E-state index in [4.69, 9.17) is 21.1 Å². The van der Waals surface area contributed by atoms with Gasteiger partial charge >= 0.3 is 0 Å². The fourth-order valence-electron chi connectivity index (χ4n) is 2.57. The van der Waals surface area contributed by atoms with Crippen LogP contribution in [-0.4, -0.2) is 17.0 Å². The molecule has 7 heteroatoms. The summed E-state index contributed by atoms with van der Waals surface area (Å²) in [5.74, 6) is 0.551. The topological polar surface area (TPSA) is 52.8 Å². The second kappa shape index (κ2) is 8.84. The first-order chi connectivity index (χ1) is 13.8. The van der Waals surface area contributed by atoms with Gasteiger partial charge in [0.15, 0.2) is 10.4 Å². The normalized spacial score (nSPS) is 12.1. The molecule has 0 saturated heterocycles. The van der Waals surface area contributed by atoms with E-state index in [9.17, 15) is 4.79 Å². The van der Waals surface area contributed by atoms with Gasteiger partial charge in [-0.15, -0.1) is 0 Å². The summed E-state index contributed by atoms with van der Waals surface area (Å²) in [6.07, 6.45) is 1.88. The van der Waals surface area contributed by atoms with E-state index >= 15 is 0 Å². The molecule has 29 heavy (non-hydrogen) atoms. The van der Waals surface area contributed by atoms with Gasteiger partial charge < -0.3 is 9.47 Å². The van der Waals surface area contributed by atoms with Crippen molar-refractivity contribution in [3.05, 3.63) is 75.5 Å². The quantitative estimate of drug-likeness (QED) is 0.552. The van der Waals surface area contributed by atoms with Gasteiger partial charge in [0.25, 0.3) is 5.91 Å². The SMILES string of the molecule is COc1ccc(Cl)cc1C(=O)N=c1sn(C(C)(C)C)cc1OCc1ccccc1. The first-order valence-electron chi connectivity index (χ1n) is 9.10. The van der Waals surface area contributed by atoms with Crippen LogP contribution in [0.2, 0.25) is 5.02 Å². The molecule has 5 nitrogen and oxygen atoms in total. The predicted octanol–water partition coefficient (Wildman–Crippen LogP) is 5.29. The number of halogens is 1. The summed E-state index contributed by atoms with van der Waals surface area (Å²) in [6.45, 7) is 6.63. The lowest BCUT2D eigenvalue weighted by Crippen LogP contribution is -2.18. The molecule has 0 unspecified atom stereocenters. The number of benzene rings is 2. The molecule has 0 aliphatic carbocycles. The molecule has 3 rings (SSSR count). The molecule has 0 aliphatic rings. The number of ether oxygens (including phenoxy) is 2. The standard InChI is InChI=1S/C22H23ClN2O3S/c1-22(2,3)25-13-19(28-14-15-8-6-5-7-9-15)21(29-25)24-20(26)17-12-16(23)10-11-18(17)27-4/h5-13H,14H2,1-4H3. The third-order valence-corrected chi connectivity index (χ3v) is 5.67. The van der Waals surface area contributed by atoms with Crippen LogP contribution >= 0.6 is 23.1 Å². The summed E-state index contributed by atoms with van der Waals surface area (Å²) in [5.41, 5.74) is 1.18. The lowest BCUT2D eigenvalue weighted by Gasteiger charge is -2.18. The Kier molecular flexibility index (Phi) is 6.45. The van der Waals surface area contributed by atoms with Crippen LogP contribution in [0.1, 0.15) is 36.7 Å². The van der Waals surface area contributed by atoms with Crippen LogP contribution in [0.25, 0.3) is 0 Å². The van der Waals surface area contributed by atoms with Gasteiger partial charge in [0.05, 0.1) is 18.9 Å². The van der Waals surface area contributed by atoms with Gasteiger partial charge in [-0.1, -0.05) is 41.9 Å². The Morgan fingerprint density at radius 3 is 2.52 bits per heavy atom.